The zero-order valence-electron chi connectivity index (χ0n) is 13.7. The molecule has 1 aromatic carbocycles. The van der Waals surface area contributed by atoms with Gasteiger partial charge in [0.2, 0.25) is 0 Å². The Balaban J connectivity index is 2.47. The summed E-state index contributed by atoms with van der Waals surface area (Å²) in [6, 6.07) is 9.92. The number of ether oxygens (including phenoxy) is 2. The Morgan fingerprint density at radius 1 is 1.17 bits per heavy atom. The Hall–Kier alpha value is -1.58. The van der Waals surface area contributed by atoms with Gasteiger partial charge in [-0.15, -0.1) is 0 Å². The monoisotopic (exact) mass is 382 g/mol. The molecule has 0 aliphatic heterocycles. The molecule has 0 amide bonds. The van der Waals surface area contributed by atoms with E-state index in [-0.39, 0.29) is 5.92 Å². The summed E-state index contributed by atoms with van der Waals surface area (Å²) in [5.74, 6) is -0.899. The van der Waals surface area contributed by atoms with Crippen molar-refractivity contribution in [3.05, 3.63) is 42.0 Å². The van der Waals surface area contributed by atoms with Gasteiger partial charge in [-0.05, 0) is 0 Å². The van der Waals surface area contributed by atoms with E-state index in [2.05, 4.69) is 6.92 Å². The van der Waals surface area contributed by atoms with Crippen LogP contribution in [0.4, 0.5) is 0 Å². The van der Waals surface area contributed by atoms with Crippen LogP contribution in [0.15, 0.2) is 36.4 Å². The number of rotatable bonds is 6. The third-order valence-electron chi connectivity index (χ3n) is 4.14. The second-order valence-electron chi connectivity index (χ2n) is 5.48. The van der Waals surface area contributed by atoms with Gasteiger partial charge in [-0.25, -0.2) is 0 Å². The van der Waals surface area contributed by atoms with Gasteiger partial charge in [0.15, 0.2) is 0 Å². The molecule has 1 aromatic rings. The molecule has 2 rings (SSSR count). The van der Waals surface area contributed by atoms with Gasteiger partial charge in [0.05, 0.1) is 0 Å². The Labute approximate surface area is 143 Å². The van der Waals surface area contributed by atoms with Crippen LogP contribution in [0.5, 0.6) is 0 Å². The first-order chi connectivity index (χ1) is 11.1. The second-order valence-corrected chi connectivity index (χ2v) is 8.25. The predicted octanol–water partition coefficient (Wildman–Crippen LogP) is 2.98. The van der Waals surface area contributed by atoms with Crippen LogP contribution in [0.1, 0.15) is 18.9 Å². The number of hydrogen-bond acceptors (Lipinski definition) is 4. The number of hydrogen-bond donors (Lipinski definition) is 0. The van der Waals surface area contributed by atoms with Crippen LogP contribution in [-0.4, -0.2) is 41.1 Å². The molecule has 0 bridgehead atoms. The van der Waals surface area contributed by atoms with Crippen LogP contribution in [0.2, 0.25) is 10.6 Å². The normalized spacial score (nSPS) is 19.1. The molecule has 1 unspecified atom stereocenters. The fourth-order valence-electron chi connectivity index (χ4n) is 3.03. The maximum atomic E-state index is 12.4. The van der Waals surface area contributed by atoms with Crippen LogP contribution >= 0.6 is 0 Å². The fraction of sp³-hybridized carbons (Fsp3) is 0.444. The number of benzene rings is 1. The number of carbonyl (C=O) groups is 2. The van der Waals surface area contributed by atoms with Crippen LogP contribution in [0.25, 0.3) is 5.57 Å². The van der Waals surface area contributed by atoms with Gasteiger partial charge >= 0.3 is 143 Å². The summed E-state index contributed by atoms with van der Waals surface area (Å²) in [6.07, 6.45) is 2.20. The van der Waals surface area contributed by atoms with Crippen LogP contribution in [0, 0.1) is 11.3 Å². The van der Waals surface area contributed by atoms with E-state index in [0.29, 0.717) is 21.4 Å². The summed E-state index contributed by atoms with van der Waals surface area (Å²) in [4.78, 5) is 24.7. The molecule has 0 aromatic heterocycles. The summed E-state index contributed by atoms with van der Waals surface area (Å²) in [5.41, 5.74) is 0.791. The van der Waals surface area contributed by atoms with Crippen LogP contribution in [-0.2, 0) is 19.1 Å². The van der Waals surface area contributed by atoms with Crippen molar-refractivity contribution in [3.8, 4) is 0 Å². The van der Waals surface area contributed by atoms with Crippen molar-refractivity contribution in [3.63, 3.8) is 0 Å². The zero-order chi connectivity index (χ0) is 16.9. The maximum absolute atomic E-state index is 12.4. The Morgan fingerprint density at radius 3 is 2.30 bits per heavy atom. The molecule has 0 N–H and O–H groups in total. The molecule has 5 heteroatoms. The van der Waals surface area contributed by atoms with E-state index in [1.807, 2.05) is 30.3 Å². The first-order valence-corrected chi connectivity index (χ1v) is 10.0. The molecule has 1 atom stereocenters. The second kappa shape index (κ2) is 7.80. The minimum absolute atomic E-state index is 0.176. The van der Waals surface area contributed by atoms with Gasteiger partial charge < -0.3 is 0 Å². The van der Waals surface area contributed by atoms with Crippen LogP contribution < -0.4 is 0 Å². The van der Waals surface area contributed by atoms with Crippen molar-refractivity contribution in [2.45, 2.75) is 24.0 Å². The number of allylic oxidation sites excluding steroid dienone is 1. The summed E-state index contributed by atoms with van der Waals surface area (Å²) in [5, 5.41) is 2.13. The van der Waals surface area contributed by atoms with Crippen molar-refractivity contribution >= 4 is 32.5 Å². The summed E-state index contributed by atoms with van der Waals surface area (Å²) >= 11 is 0.487. The van der Waals surface area contributed by atoms with Gasteiger partial charge in [-0.1, -0.05) is 0 Å². The van der Waals surface area contributed by atoms with Crippen molar-refractivity contribution < 1.29 is 19.1 Å². The Morgan fingerprint density at radius 2 is 1.78 bits per heavy atom. The van der Waals surface area contributed by atoms with E-state index in [4.69, 9.17) is 9.47 Å². The molecule has 1 aliphatic rings. The minimum atomic E-state index is -1.32. The Kier molecular flexibility index (Phi) is 6.03. The van der Waals surface area contributed by atoms with Gasteiger partial charge in [0.25, 0.3) is 0 Å². The number of esters is 2. The summed E-state index contributed by atoms with van der Waals surface area (Å²) in [7, 11) is 2.62. The summed E-state index contributed by atoms with van der Waals surface area (Å²) in [6.45, 7) is 2.16. The van der Waals surface area contributed by atoms with E-state index in [9.17, 15) is 9.59 Å². The van der Waals surface area contributed by atoms with E-state index in [1.54, 1.807) is 6.08 Å². The molecular weight excluding hydrogens is 359 g/mol. The van der Waals surface area contributed by atoms with Crippen molar-refractivity contribution in [1.82, 2.24) is 0 Å². The van der Waals surface area contributed by atoms with E-state index in [0.717, 1.165) is 21.8 Å². The molecule has 0 saturated carbocycles. The van der Waals surface area contributed by atoms with Gasteiger partial charge in [-0.2, -0.15) is 0 Å². The molecule has 4 nitrogen and oxygen atoms in total. The van der Waals surface area contributed by atoms with Crippen molar-refractivity contribution in [2.24, 2.45) is 11.3 Å². The first-order valence-electron chi connectivity index (χ1n) is 7.61. The molecule has 0 heterocycles. The Bertz CT molecular complexity index is 578. The third kappa shape index (κ3) is 3.51. The van der Waals surface area contributed by atoms with Gasteiger partial charge in [0, 0.05) is 0 Å². The van der Waals surface area contributed by atoms with E-state index >= 15 is 0 Å². The SMILES string of the molecule is CC[Se]CC1CC(C(=O)OC)(C(=O)OC)C=C1c1ccccc1. The molecule has 0 fully saturated rings. The quantitative estimate of drug-likeness (QED) is 0.432. The fourth-order valence-corrected chi connectivity index (χ4v) is 4.75. The topological polar surface area (TPSA) is 52.6 Å². The average molecular weight is 381 g/mol. The van der Waals surface area contributed by atoms with Crippen LogP contribution in [0.3, 0.4) is 0 Å². The molecule has 124 valence electrons. The van der Waals surface area contributed by atoms with Crippen molar-refractivity contribution in [1.29, 1.82) is 0 Å². The molecule has 1 aliphatic carbocycles. The molecule has 0 spiro atoms. The zero-order valence-corrected chi connectivity index (χ0v) is 15.4. The number of methoxy groups -OCH3 is 2. The van der Waals surface area contributed by atoms with E-state index in [1.165, 1.54) is 14.2 Å². The predicted molar refractivity (Wildman–Crippen MR) is 90.0 cm³/mol. The molecule has 0 radical (unpaired) electrons. The molecular formula is C18H22O4Se. The van der Waals surface area contributed by atoms with Gasteiger partial charge in [0.1, 0.15) is 0 Å². The third-order valence-corrected chi connectivity index (χ3v) is 6.33. The average Bonchev–Trinajstić information content (AvgIpc) is 3.00. The van der Waals surface area contributed by atoms with Gasteiger partial charge in [-0.3, -0.25) is 0 Å². The molecule has 23 heavy (non-hydrogen) atoms. The van der Waals surface area contributed by atoms with E-state index < -0.39 is 17.4 Å². The number of carbonyl (C=O) groups excluding carboxylic acids is 2. The standard InChI is InChI=1S/C18H22O4Se/c1-4-23-12-14-10-18(16(19)21-2,17(20)22-3)11-15(14)13-8-6-5-7-9-13/h5-9,11,14H,4,10,12H2,1-3H3. The molecule has 0 saturated heterocycles. The van der Waals surface area contributed by atoms with Crippen molar-refractivity contribution in [2.75, 3.05) is 14.2 Å². The summed E-state index contributed by atoms with van der Waals surface area (Å²) < 4.78 is 9.84. The first kappa shape index (κ1) is 17.8.